The summed E-state index contributed by atoms with van der Waals surface area (Å²) < 4.78 is 22.6. The van der Waals surface area contributed by atoms with E-state index in [0.29, 0.717) is 0 Å². The second-order valence-electron chi connectivity index (χ2n) is 4.17. The van der Waals surface area contributed by atoms with E-state index in [1.54, 1.807) is 25.2 Å². The third-order valence-electron chi connectivity index (χ3n) is 2.81. The molecule has 2 rings (SSSR count). The van der Waals surface area contributed by atoms with Crippen LogP contribution in [-0.4, -0.2) is 21.4 Å². The van der Waals surface area contributed by atoms with E-state index in [1.807, 2.05) is 18.2 Å². The van der Waals surface area contributed by atoms with E-state index in [9.17, 15) is 13.2 Å². The van der Waals surface area contributed by atoms with Crippen molar-refractivity contribution in [3.8, 4) is 0 Å². The molecule has 0 aromatic heterocycles. The first-order chi connectivity index (χ1) is 9.39. The van der Waals surface area contributed by atoms with Gasteiger partial charge in [-0.05, 0) is 30.3 Å². The van der Waals surface area contributed by atoms with Crippen LogP contribution in [0, 0.1) is 0 Å². The quantitative estimate of drug-likeness (QED) is 0.819. The number of amides is 1. The van der Waals surface area contributed by atoms with Crippen molar-refractivity contribution in [2.24, 2.45) is 0 Å². The average molecular weight is 310 g/mol. The first kappa shape index (κ1) is 14.6. The Kier molecular flexibility index (Phi) is 4.11. The van der Waals surface area contributed by atoms with Crippen LogP contribution in [-0.2, 0) is 9.05 Å². The molecule has 0 N–H and O–H groups in total. The van der Waals surface area contributed by atoms with Gasteiger partial charge >= 0.3 is 0 Å². The van der Waals surface area contributed by atoms with Crippen molar-refractivity contribution in [1.82, 2.24) is 0 Å². The van der Waals surface area contributed by atoms with Gasteiger partial charge in [-0.25, -0.2) is 8.42 Å². The Morgan fingerprint density at radius 1 is 1.05 bits per heavy atom. The minimum Gasteiger partial charge on any atom is -0.311 e. The highest BCUT2D eigenvalue weighted by molar-refractivity contribution is 8.13. The van der Waals surface area contributed by atoms with Crippen molar-refractivity contribution in [1.29, 1.82) is 0 Å². The number of rotatable bonds is 3. The lowest BCUT2D eigenvalue weighted by atomic mass is 10.2. The summed E-state index contributed by atoms with van der Waals surface area (Å²) in [6.45, 7) is 0. The van der Waals surface area contributed by atoms with Crippen molar-refractivity contribution >= 4 is 31.3 Å². The molecule has 0 heterocycles. The second-order valence-corrected chi connectivity index (χ2v) is 6.73. The molecule has 0 aliphatic rings. The molecule has 0 saturated heterocycles. The summed E-state index contributed by atoms with van der Waals surface area (Å²) in [6.07, 6.45) is 0. The molecule has 0 saturated carbocycles. The molecular weight excluding hydrogens is 298 g/mol. The normalized spacial score (nSPS) is 11.1. The molecule has 0 radical (unpaired) electrons. The third-order valence-corrected chi connectivity index (χ3v) is 4.16. The molecular formula is C14H12ClNO3S. The third kappa shape index (κ3) is 3.18. The lowest BCUT2D eigenvalue weighted by Crippen LogP contribution is -2.26. The first-order valence-electron chi connectivity index (χ1n) is 5.77. The molecule has 0 aliphatic heterocycles. The summed E-state index contributed by atoms with van der Waals surface area (Å²) in [6, 6.07) is 14.7. The predicted molar refractivity (Wildman–Crippen MR) is 78.7 cm³/mol. The zero-order valence-corrected chi connectivity index (χ0v) is 12.2. The molecule has 0 fully saturated rings. The van der Waals surface area contributed by atoms with Crippen molar-refractivity contribution < 1.29 is 13.2 Å². The number of carbonyl (C=O) groups excluding carboxylic acids is 1. The second kappa shape index (κ2) is 5.64. The topological polar surface area (TPSA) is 54.5 Å². The van der Waals surface area contributed by atoms with Crippen LogP contribution in [0.1, 0.15) is 10.4 Å². The number of carbonyl (C=O) groups is 1. The minimum atomic E-state index is -3.85. The van der Waals surface area contributed by atoms with Crippen molar-refractivity contribution in [2.45, 2.75) is 4.90 Å². The highest BCUT2D eigenvalue weighted by Crippen LogP contribution is 2.19. The van der Waals surface area contributed by atoms with Gasteiger partial charge in [0, 0.05) is 29.0 Å². The van der Waals surface area contributed by atoms with Crippen LogP contribution in [0.4, 0.5) is 5.69 Å². The molecule has 0 aliphatic carbocycles. The van der Waals surface area contributed by atoms with Crippen LogP contribution in [0.25, 0.3) is 0 Å². The van der Waals surface area contributed by atoms with Crippen LogP contribution in [0.15, 0.2) is 59.5 Å². The molecule has 1 amide bonds. The van der Waals surface area contributed by atoms with Gasteiger partial charge in [-0.2, -0.15) is 0 Å². The summed E-state index contributed by atoms with van der Waals surface area (Å²) in [5.41, 5.74) is 0.981. The van der Waals surface area contributed by atoms with Crippen LogP contribution < -0.4 is 4.90 Å². The van der Waals surface area contributed by atoms with Gasteiger partial charge in [0.1, 0.15) is 0 Å². The van der Waals surface area contributed by atoms with Gasteiger partial charge < -0.3 is 4.90 Å². The molecule has 104 valence electrons. The number of halogens is 1. The Bertz CT molecular complexity index is 729. The van der Waals surface area contributed by atoms with E-state index in [2.05, 4.69) is 0 Å². The van der Waals surface area contributed by atoms with Crippen LogP contribution in [0.3, 0.4) is 0 Å². The van der Waals surface area contributed by atoms with Crippen molar-refractivity contribution in [2.75, 3.05) is 11.9 Å². The first-order valence-corrected chi connectivity index (χ1v) is 8.08. The van der Waals surface area contributed by atoms with Crippen LogP contribution in [0.5, 0.6) is 0 Å². The molecule has 2 aromatic carbocycles. The number of hydrogen-bond donors (Lipinski definition) is 0. The van der Waals surface area contributed by atoms with Crippen LogP contribution >= 0.6 is 10.7 Å². The van der Waals surface area contributed by atoms with Crippen LogP contribution in [0.2, 0.25) is 0 Å². The lowest BCUT2D eigenvalue weighted by Gasteiger charge is -2.17. The maximum Gasteiger partial charge on any atom is 0.261 e. The summed E-state index contributed by atoms with van der Waals surface area (Å²) in [5, 5.41) is 0. The highest BCUT2D eigenvalue weighted by atomic mass is 35.7. The molecule has 0 unspecified atom stereocenters. The van der Waals surface area contributed by atoms with E-state index in [1.165, 1.54) is 23.1 Å². The standard InChI is InChI=1S/C14H12ClNO3S/c1-16(12-7-3-2-4-8-12)14(17)11-6-5-9-13(10-11)20(15,18)19/h2-10H,1H3. The Morgan fingerprint density at radius 2 is 1.70 bits per heavy atom. The number of nitrogens with zero attached hydrogens (tertiary/aromatic N) is 1. The Balaban J connectivity index is 2.35. The van der Waals surface area contributed by atoms with E-state index >= 15 is 0 Å². The van der Waals surface area contributed by atoms with E-state index < -0.39 is 9.05 Å². The SMILES string of the molecule is CN(C(=O)c1cccc(S(=O)(=O)Cl)c1)c1ccccc1. The highest BCUT2D eigenvalue weighted by Gasteiger charge is 2.16. The molecule has 6 heteroatoms. The Labute approximate surface area is 122 Å². The van der Waals surface area contributed by atoms with E-state index in [0.717, 1.165) is 5.69 Å². The fourth-order valence-corrected chi connectivity index (χ4v) is 2.54. The van der Waals surface area contributed by atoms with Gasteiger partial charge in [-0.15, -0.1) is 0 Å². The Hall–Kier alpha value is -1.85. The van der Waals surface area contributed by atoms with Gasteiger partial charge in [-0.1, -0.05) is 24.3 Å². The van der Waals surface area contributed by atoms with Gasteiger partial charge in [0.15, 0.2) is 0 Å². The van der Waals surface area contributed by atoms with Crippen molar-refractivity contribution in [3.63, 3.8) is 0 Å². The Morgan fingerprint density at radius 3 is 2.30 bits per heavy atom. The molecule has 0 atom stereocenters. The number of para-hydroxylation sites is 1. The largest absolute Gasteiger partial charge is 0.311 e. The number of hydrogen-bond acceptors (Lipinski definition) is 3. The summed E-state index contributed by atoms with van der Waals surface area (Å²) in [7, 11) is 3.06. The van der Waals surface area contributed by atoms with Gasteiger partial charge in [0.2, 0.25) is 0 Å². The molecule has 0 bridgehead atoms. The maximum absolute atomic E-state index is 12.3. The average Bonchev–Trinajstić information content (AvgIpc) is 2.46. The lowest BCUT2D eigenvalue weighted by molar-refractivity contribution is 0.0993. The number of benzene rings is 2. The zero-order valence-electron chi connectivity index (χ0n) is 10.7. The summed E-state index contributed by atoms with van der Waals surface area (Å²) >= 11 is 0. The predicted octanol–water partition coefficient (Wildman–Crippen LogP) is 2.89. The molecule has 20 heavy (non-hydrogen) atoms. The van der Waals surface area contributed by atoms with Gasteiger partial charge in [0.05, 0.1) is 4.90 Å². The zero-order chi connectivity index (χ0) is 14.8. The summed E-state index contributed by atoms with van der Waals surface area (Å²) in [4.78, 5) is 13.7. The van der Waals surface area contributed by atoms with Gasteiger partial charge in [-0.3, -0.25) is 4.79 Å². The maximum atomic E-state index is 12.3. The van der Waals surface area contributed by atoms with Gasteiger partial charge in [0.25, 0.3) is 15.0 Å². The number of anilines is 1. The molecule has 0 spiro atoms. The summed E-state index contributed by atoms with van der Waals surface area (Å²) in [5.74, 6) is -0.307. The van der Waals surface area contributed by atoms with E-state index in [4.69, 9.17) is 10.7 Å². The fourth-order valence-electron chi connectivity index (χ4n) is 1.74. The molecule has 4 nitrogen and oxygen atoms in total. The molecule has 2 aromatic rings. The fraction of sp³-hybridized carbons (Fsp3) is 0.0714. The minimum absolute atomic E-state index is 0.0912. The smallest absolute Gasteiger partial charge is 0.261 e. The van der Waals surface area contributed by atoms with E-state index in [-0.39, 0.29) is 16.4 Å². The monoisotopic (exact) mass is 309 g/mol. The van der Waals surface area contributed by atoms with Crippen molar-refractivity contribution in [3.05, 3.63) is 60.2 Å².